The fourth-order valence-electron chi connectivity index (χ4n) is 1.38. The standard InChI is InChI=1S/C13H19NO8S/c1-2-11(15)14-3-4-20-12(16)21-5-6-23-13(17)22-10-7-18-9-19-8-10/h2,10H,1,3-9H2,(H,14,15). The van der Waals surface area contributed by atoms with Crippen LogP contribution in [0.1, 0.15) is 0 Å². The van der Waals surface area contributed by atoms with Gasteiger partial charge in [0.1, 0.15) is 26.1 Å². The molecule has 130 valence electrons. The summed E-state index contributed by atoms with van der Waals surface area (Å²) in [5, 5.41) is 1.94. The summed E-state index contributed by atoms with van der Waals surface area (Å²) < 4.78 is 24.5. The summed E-state index contributed by atoms with van der Waals surface area (Å²) in [5.74, 6) is -0.124. The molecule has 10 heteroatoms. The molecule has 0 radical (unpaired) electrons. The van der Waals surface area contributed by atoms with Crippen molar-refractivity contribution in [3.05, 3.63) is 12.7 Å². The third-order valence-corrected chi connectivity index (χ3v) is 3.07. The van der Waals surface area contributed by atoms with Crippen LogP contribution in [0.25, 0.3) is 0 Å². The summed E-state index contributed by atoms with van der Waals surface area (Å²) >= 11 is 0.874. The highest BCUT2D eigenvalue weighted by Gasteiger charge is 2.19. The maximum Gasteiger partial charge on any atom is 0.508 e. The van der Waals surface area contributed by atoms with Crippen molar-refractivity contribution in [2.45, 2.75) is 6.10 Å². The first-order valence-corrected chi connectivity index (χ1v) is 7.79. The maximum atomic E-state index is 11.5. The molecule has 1 N–H and O–H groups in total. The molecule has 0 aromatic rings. The molecule has 1 aliphatic heterocycles. The lowest BCUT2D eigenvalue weighted by molar-refractivity contribution is -0.149. The third-order valence-electron chi connectivity index (χ3n) is 2.37. The van der Waals surface area contributed by atoms with Gasteiger partial charge in [0.15, 0.2) is 0 Å². The molecule has 1 amide bonds. The first-order chi connectivity index (χ1) is 11.1. The molecule has 1 saturated heterocycles. The Labute approximate surface area is 137 Å². The van der Waals surface area contributed by atoms with E-state index in [1.807, 2.05) is 0 Å². The van der Waals surface area contributed by atoms with E-state index in [-0.39, 0.29) is 38.2 Å². The van der Waals surface area contributed by atoms with E-state index in [4.69, 9.17) is 23.7 Å². The number of nitrogens with one attached hydrogen (secondary N) is 1. The molecule has 1 aliphatic rings. The van der Waals surface area contributed by atoms with Crippen molar-refractivity contribution in [1.29, 1.82) is 0 Å². The van der Waals surface area contributed by atoms with Gasteiger partial charge in [-0.15, -0.1) is 0 Å². The fourth-order valence-corrected chi connectivity index (χ4v) is 1.91. The Morgan fingerprint density at radius 2 is 1.91 bits per heavy atom. The molecule has 1 fully saturated rings. The first kappa shape index (κ1) is 19.3. The number of carbonyl (C=O) groups excluding carboxylic acids is 3. The zero-order valence-electron chi connectivity index (χ0n) is 12.5. The van der Waals surface area contributed by atoms with E-state index in [2.05, 4.69) is 11.9 Å². The van der Waals surface area contributed by atoms with E-state index in [0.717, 1.165) is 17.8 Å². The van der Waals surface area contributed by atoms with Gasteiger partial charge in [-0.1, -0.05) is 6.58 Å². The van der Waals surface area contributed by atoms with Crippen LogP contribution in [-0.2, 0) is 28.5 Å². The molecule has 0 aromatic carbocycles. The summed E-state index contributed by atoms with van der Waals surface area (Å²) in [6.07, 6.45) is -0.179. The monoisotopic (exact) mass is 349 g/mol. The van der Waals surface area contributed by atoms with Crippen LogP contribution in [0.5, 0.6) is 0 Å². The van der Waals surface area contributed by atoms with E-state index in [1.165, 1.54) is 0 Å². The van der Waals surface area contributed by atoms with E-state index in [1.54, 1.807) is 0 Å². The van der Waals surface area contributed by atoms with E-state index in [0.29, 0.717) is 13.2 Å². The number of hydrogen-bond acceptors (Lipinski definition) is 9. The number of thioether (sulfide) groups is 1. The molecule has 1 heterocycles. The number of ether oxygens (including phenoxy) is 5. The van der Waals surface area contributed by atoms with E-state index < -0.39 is 17.6 Å². The summed E-state index contributed by atoms with van der Waals surface area (Å²) in [6.45, 7) is 4.22. The predicted octanol–water partition coefficient (Wildman–Crippen LogP) is 0.684. The third kappa shape index (κ3) is 9.76. The van der Waals surface area contributed by atoms with Crippen LogP contribution < -0.4 is 5.32 Å². The summed E-state index contributed by atoms with van der Waals surface area (Å²) in [7, 11) is 0. The van der Waals surface area contributed by atoms with E-state index >= 15 is 0 Å². The lowest BCUT2D eigenvalue weighted by atomic mass is 10.4. The van der Waals surface area contributed by atoms with Gasteiger partial charge < -0.3 is 29.0 Å². The van der Waals surface area contributed by atoms with Gasteiger partial charge in [-0.05, 0) is 17.8 Å². The Kier molecular flexibility index (Phi) is 9.84. The van der Waals surface area contributed by atoms with Crippen LogP contribution >= 0.6 is 11.8 Å². The lowest BCUT2D eigenvalue weighted by Crippen LogP contribution is -2.32. The second kappa shape index (κ2) is 11.7. The Balaban J connectivity index is 1.96. The van der Waals surface area contributed by atoms with Crippen LogP contribution in [0, 0.1) is 0 Å². The van der Waals surface area contributed by atoms with Crippen molar-refractivity contribution in [1.82, 2.24) is 5.32 Å². The molecule has 0 bridgehead atoms. The smallest absolute Gasteiger partial charge is 0.449 e. The van der Waals surface area contributed by atoms with Gasteiger partial charge in [0.05, 0.1) is 19.8 Å². The number of hydrogen-bond donors (Lipinski definition) is 1. The minimum atomic E-state index is -0.874. The molecule has 0 aliphatic carbocycles. The quantitative estimate of drug-likeness (QED) is 0.384. The minimum absolute atomic E-state index is 0.00468. The van der Waals surface area contributed by atoms with Gasteiger partial charge >= 0.3 is 11.5 Å². The Morgan fingerprint density at radius 1 is 1.22 bits per heavy atom. The van der Waals surface area contributed by atoms with Crippen molar-refractivity contribution in [3.8, 4) is 0 Å². The average Bonchev–Trinajstić information content (AvgIpc) is 2.56. The lowest BCUT2D eigenvalue weighted by Gasteiger charge is -2.21. The summed E-state index contributed by atoms with van der Waals surface area (Å²) in [6, 6.07) is 0. The molecule has 9 nitrogen and oxygen atoms in total. The van der Waals surface area contributed by atoms with Gasteiger partial charge in [0.25, 0.3) is 0 Å². The molecular formula is C13H19NO8S. The molecule has 1 rings (SSSR count). The van der Waals surface area contributed by atoms with Crippen LogP contribution in [0.4, 0.5) is 9.59 Å². The number of amides is 1. The van der Waals surface area contributed by atoms with Crippen molar-refractivity contribution >= 4 is 29.1 Å². The SMILES string of the molecule is C=CC(=O)NCCOC(=O)OCCSC(=O)OC1COCOC1. The second-order valence-electron chi connectivity index (χ2n) is 4.14. The minimum Gasteiger partial charge on any atom is -0.449 e. The highest BCUT2D eigenvalue weighted by atomic mass is 32.2. The Bertz CT molecular complexity index is 411. The Morgan fingerprint density at radius 3 is 2.61 bits per heavy atom. The van der Waals surface area contributed by atoms with Gasteiger partial charge in [-0.3, -0.25) is 4.79 Å². The molecule has 0 spiro atoms. The molecule has 0 saturated carbocycles. The second-order valence-corrected chi connectivity index (χ2v) is 5.17. The highest BCUT2D eigenvalue weighted by Crippen LogP contribution is 2.10. The molecule has 23 heavy (non-hydrogen) atoms. The molecular weight excluding hydrogens is 330 g/mol. The topological polar surface area (TPSA) is 109 Å². The van der Waals surface area contributed by atoms with Crippen molar-refractivity contribution in [2.24, 2.45) is 0 Å². The van der Waals surface area contributed by atoms with Gasteiger partial charge in [-0.25, -0.2) is 9.59 Å². The van der Waals surface area contributed by atoms with E-state index in [9.17, 15) is 14.4 Å². The number of rotatable bonds is 8. The van der Waals surface area contributed by atoms with Crippen LogP contribution in [0.3, 0.4) is 0 Å². The molecule has 0 unspecified atom stereocenters. The average molecular weight is 349 g/mol. The van der Waals surface area contributed by atoms with Gasteiger partial charge in [-0.2, -0.15) is 0 Å². The highest BCUT2D eigenvalue weighted by molar-refractivity contribution is 8.13. The zero-order chi connectivity index (χ0) is 16.9. The van der Waals surface area contributed by atoms with Gasteiger partial charge in [0.2, 0.25) is 5.91 Å². The fraction of sp³-hybridized carbons (Fsp3) is 0.615. The van der Waals surface area contributed by atoms with Crippen molar-refractivity contribution in [2.75, 3.05) is 45.5 Å². The number of carbonyl (C=O) groups is 3. The van der Waals surface area contributed by atoms with Crippen LogP contribution in [-0.4, -0.2) is 69.0 Å². The van der Waals surface area contributed by atoms with Crippen LogP contribution in [0.15, 0.2) is 12.7 Å². The van der Waals surface area contributed by atoms with Crippen molar-refractivity contribution in [3.63, 3.8) is 0 Å². The van der Waals surface area contributed by atoms with Gasteiger partial charge in [0, 0.05) is 5.75 Å². The Hall–Kier alpha value is -1.78. The normalized spacial score (nSPS) is 14.6. The molecule has 0 aromatic heterocycles. The summed E-state index contributed by atoms with van der Waals surface area (Å²) in [5.41, 5.74) is 0. The van der Waals surface area contributed by atoms with Crippen molar-refractivity contribution < 1.29 is 38.1 Å². The first-order valence-electron chi connectivity index (χ1n) is 6.80. The van der Waals surface area contributed by atoms with Crippen LogP contribution in [0.2, 0.25) is 0 Å². The zero-order valence-corrected chi connectivity index (χ0v) is 13.3. The summed E-state index contributed by atoms with van der Waals surface area (Å²) in [4.78, 5) is 33.5. The molecule has 0 atom stereocenters. The largest absolute Gasteiger partial charge is 0.508 e. The maximum absolute atomic E-state index is 11.5. The predicted molar refractivity (Wildman–Crippen MR) is 80.0 cm³/mol.